The van der Waals surface area contributed by atoms with Crippen molar-refractivity contribution >= 4 is 23.0 Å². The van der Waals surface area contributed by atoms with Gasteiger partial charge < -0.3 is 11.1 Å². The smallest absolute Gasteiger partial charge is 0.0591 e. The van der Waals surface area contributed by atoms with Crippen LogP contribution in [0.4, 0.5) is 11.4 Å². The highest BCUT2D eigenvalue weighted by Gasteiger charge is 2.00. The fraction of sp³-hybridized carbons (Fsp3) is 0.154. The Morgan fingerprint density at radius 2 is 2.12 bits per heavy atom. The van der Waals surface area contributed by atoms with E-state index in [1.54, 1.807) is 12.1 Å². The number of halogens is 1. The van der Waals surface area contributed by atoms with Crippen molar-refractivity contribution in [1.29, 1.82) is 0 Å². The van der Waals surface area contributed by atoms with Crippen LogP contribution in [0.15, 0.2) is 36.5 Å². The molecule has 0 spiro atoms. The Morgan fingerprint density at radius 3 is 2.82 bits per heavy atom. The second-order valence-corrected chi connectivity index (χ2v) is 4.33. The van der Waals surface area contributed by atoms with Gasteiger partial charge in [-0.15, -0.1) is 0 Å². The lowest BCUT2D eigenvalue weighted by Gasteiger charge is -2.09. The van der Waals surface area contributed by atoms with Crippen molar-refractivity contribution in [1.82, 2.24) is 4.98 Å². The number of hydrogen-bond acceptors (Lipinski definition) is 3. The molecule has 0 aliphatic carbocycles. The van der Waals surface area contributed by atoms with E-state index in [9.17, 15) is 0 Å². The van der Waals surface area contributed by atoms with Crippen molar-refractivity contribution in [2.45, 2.75) is 13.5 Å². The van der Waals surface area contributed by atoms with Crippen LogP contribution in [0.2, 0.25) is 5.02 Å². The molecule has 3 nitrogen and oxygen atoms in total. The maximum Gasteiger partial charge on any atom is 0.0591 e. The molecule has 88 valence electrons. The van der Waals surface area contributed by atoms with Gasteiger partial charge in [-0.1, -0.05) is 17.7 Å². The number of aryl methyl sites for hydroxylation is 1. The first-order valence-corrected chi connectivity index (χ1v) is 5.73. The second kappa shape index (κ2) is 5.06. The SMILES string of the molecule is Cc1ccc(CNc2cc(Cl)ccc2N)cn1. The summed E-state index contributed by atoms with van der Waals surface area (Å²) in [7, 11) is 0. The third kappa shape index (κ3) is 3.11. The van der Waals surface area contributed by atoms with Gasteiger partial charge in [0.05, 0.1) is 11.4 Å². The lowest BCUT2D eigenvalue weighted by Crippen LogP contribution is -2.02. The first-order chi connectivity index (χ1) is 8.15. The molecule has 4 heteroatoms. The molecule has 0 atom stereocenters. The van der Waals surface area contributed by atoms with Gasteiger partial charge in [0.25, 0.3) is 0 Å². The van der Waals surface area contributed by atoms with Gasteiger partial charge >= 0.3 is 0 Å². The van der Waals surface area contributed by atoms with E-state index in [1.165, 1.54) is 0 Å². The number of anilines is 2. The quantitative estimate of drug-likeness (QED) is 0.819. The van der Waals surface area contributed by atoms with E-state index >= 15 is 0 Å². The molecule has 0 amide bonds. The zero-order valence-electron chi connectivity index (χ0n) is 9.57. The summed E-state index contributed by atoms with van der Waals surface area (Å²) in [5.74, 6) is 0. The zero-order valence-corrected chi connectivity index (χ0v) is 10.3. The van der Waals surface area contributed by atoms with Gasteiger partial charge in [0.15, 0.2) is 0 Å². The molecular weight excluding hydrogens is 234 g/mol. The average molecular weight is 248 g/mol. The van der Waals surface area contributed by atoms with E-state index in [-0.39, 0.29) is 0 Å². The van der Waals surface area contributed by atoms with Crippen molar-refractivity contribution in [3.8, 4) is 0 Å². The van der Waals surface area contributed by atoms with Crippen molar-refractivity contribution in [2.75, 3.05) is 11.1 Å². The lowest BCUT2D eigenvalue weighted by molar-refractivity contribution is 1.09. The summed E-state index contributed by atoms with van der Waals surface area (Å²) >= 11 is 5.91. The van der Waals surface area contributed by atoms with Gasteiger partial charge in [-0.05, 0) is 36.8 Å². The number of pyridine rings is 1. The first-order valence-electron chi connectivity index (χ1n) is 5.35. The van der Waals surface area contributed by atoms with Gasteiger partial charge in [-0.25, -0.2) is 0 Å². The molecule has 0 radical (unpaired) electrons. The van der Waals surface area contributed by atoms with E-state index in [0.29, 0.717) is 17.3 Å². The maximum absolute atomic E-state index is 5.91. The second-order valence-electron chi connectivity index (χ2n) is 3.89. The Hall–Kier alpha value is -1.74. The number of nitrogens with two attached hydrogens (primary N) is 1. The Balaban J connectivity index is 2.07. The number of nitrogen functional groups attached to an aromatic ring is 1. The molecule has 17 heavy (non-hydrogen) atoms. The normalized spacial score (nSPS) is 10.2. The molecule has 0 unspecified atom stereocenters. The number of nitrogens with zero attached hydrogens (tertiary/aromatic N) is 1. The number of nitrogens with one attached hydrogen (secondary N) is 1. The molecule has 1 heterocycles. The van der Waals surface area contributed by atoms with Crippen LogP contribution in [0.3, 0.4) is 0 Å². The van der Waals surface area contributed by atoms with Crippen LogP contribution in [0.1, 0.15) is 11.3 Å². The van der Waals surface area contributed by atoms with Gasteiger partial charge in [0, 0.05) is 23.5 Å². The predicted octanol–water partition coefficient (Wildman–Crippen LogP) is 3.24. The van der Waals surface area contributed by atoms with Crippen LogP contribution in [-0.4, -0.2) is 4.98 Å². The Bertz CT molecular complexity index is 509. The fourth-order valence-electron chi connectivity index (χ4n) is 1.48. The molecule has 2 rings (SSSR count). The van der Waals surface area contributed by atoms with E-state index < -0.39 is 0 Å². The molecule has 0 aliphatic heterocycles. The van der Waals surface area contributed by atoms with Crippen molar-refractivity contribution in [3.63, 3.8) is 0 Å². The molecule has 0 bridgehead atoms. The monoisotopic (exact) mass is 247 g/mol. The van der Waals surface area contributed by atoms with Crippen LogP contribution in [-0.2, 0) is 6.54 Å². The zero-order chi connectivity index (χ0) is 12.3. The van der Waals surface area contributed by atoms with Crippen LogP contribution in [0.25, 0.3) is 0 Å². The number of benzene rings is 1. The molecule has 1 aromatic heterocycles. The summed E-state index contributed by atoms with van der Waals surface area (Å²) in [6.45, 7) is 2.64. The summed E-state index contributed by atoms with van der Waals surface area (Å²) < 4.78 is 0. The summed E-state index contributed by atoms with van der Waals surface area (Å²) in [5, 5.41) is 3.91. The minimum atomic E-state index is 0.670. The van der Waals surface area contributed by atoms with E-state index in [4.69, 9.17) is 17.3 Å². The van der Waals surface area contributed by atoms with Crippen LogP contribution < -0.4 is 11.1 Å². The van der Waals surface area contributed by atoms with Gasteiger partial charge in [-0.3, -0.25) is 4.98 Å². The lowest BCUT2D eigenvalue weighted by atomic mass is 10.2. The predicted molar refractivity (Wildman–Crippen MR) is 72.2 cm³/mol. The van der Waals surface area contributed by atoms with Gasteiger partial charge in [-0.2, -0.15) is 0 Å². The Labute approximate surface area is 106 Å². The van der Waals surface area contributed by atoms with Gasteiger partial charge in [0.2, 0.25) is 0 Å². The molecule has 1 aromatic carbocycles. The summed E-state index contributed by atoms with van der Waals surface area (Å²) in [6.07, 6.45) is 1.85. The number of rotatable bonds is 3. The largest absolute Gasteiger partial charge is 0.397 e. The Morgan fingerprint density at radius 1 is 1.29 bits per heavy atom. The number of hydrogen-bond donors (Lipinski definition) is 2. The highest BCUT2D eigenvalue weighted by Crippen LogP contribution is 2.23. The van der Waals surface area contributed by atoms with Crippen LogP contribution in [0.5, 0.6) is 0 Å². The molecule has 0 aliphatic rings. The molecule has 0 fully saturated rings. The van der Waals surface area contributed by atoms with E-state index in [0.717, 1.165) is 16.9 Å². The number of aromatic nitrogens is 1. The molecule has 0 saturated heterocycles. The molecule has 0 saturated carbocycles. The molecule has 2 aromatic rings. The minimum Gasteiger partial charge on any atom is -0.397 e. The third-order valence-corrected chi connectivity index (χ3v) is 2.71. The topological polar surface area (TPSA) is 50.9 Å². The highest BCUT2D eigenvalue weighted by atomic mass is 35.5. The molecular formula is C13H14ClN3. The molecule has 3 N–H and O–H groups in total. The summed E-state index contributed by atoms with van der Waals surface area (Å²) in [6, 6.07) is 9.40. The van der Waals surface area contributed by atoms with Gasteiger partial charge in [0.1, 0.15) is 0 Å². The van der Waals surface area contributed by atoms with Crippen LogP contribution in [0, 0.1) is 6.92 Å². The Kier molecular flexibility index (Phi) is 3.49. The fourth-order valence-corrected chi connectivity index (χ4v) is 1.65. The van der Waals surface area contributed by atoms with Crippen molar-refractivity contribution < 1.29 is 0 Å². The summed E-state index contributed by atoms with van der Waals surface area (Å²) in [4.78, 5) is 4.23. The minimum absolute atomic E-state index is 0.670. The maximum atomic E-state index is 5.91. The van der Waals surface area contributed by atoms with Crippen molar-refractivity contribution in [2.24, 2.45) is 0 Å². The highest BCUT2D eigenvalue weighted by molar-refractivity contribution is 6.31. The third-order valence-electron chi connectivity index (χ3n) is 2.47. The van der Waals surface area contributed by atoms with E-state index in [2.05, 4.69) is 10.3 Å². The van der Waals surface area contributed by atoms with Crippen molar-refractivity contribution in [3.05, 3.63) is 52.8 Å². The van der Waals surface area contributed by atoms with E-state index in [1.807, 2.05) is 31.3 Å². The first kappa shape index (κ1) is 11.7. The summed E-state index contributed by atoms with van der Waals surface area (Å²) in [5.41, 5.74) is 9.49. The average Bonchev–Trinajstić information content (AvgIpc) is 2.32. The standard InChI is InChI=1S/C13H14ClN3/c1-9-2-3-10(7-16-9)8-17-13-6-11(14)4-5-12(13)15/h2-7,17H,8,15H2,1H3. The van der Waals surface area contributed by atoms with Crippen LogP contribution >= 0.6 is 11.6 Å².